The number of carbonyl (C=O) groups excluding carboxylic acids is 3. The fourth-order valence-electron chi connectivity index (χ4n) is 5.27. The molecular formula is C24H39N3O17. The lowest BCUT2D eigenvalue weighted by atomic mass is 9.92. The van der Waals surface area contributed by atoms with Gasteiger partial charge >= 0.3 is 5.97 Å². The second-order valence-electron chi connectivity index (χ2n) is 10.6. The highest BCUT2D eigenvalue weighted by Crippen LogP contribution is 2.33. The van der Waals surface area contributed by atoms with E-state index in [1.807, 2.05) is 0 Å². The lowest BCUT2D eigenvalue weighted by Crippen LogP contribution is -2.72. The predicted octanol–water partition coefficient (Wildman–Crippen LogP) is -7.05. The number of amides is 3. The number of aliphatic hydroxyl groups excluding tert-OH is 7. The minimum absolute atomic E-state index is 0.703. The van der Waals surface area contributed by atoms with E-state index >= 15 is 0 Å². The van der Waals surface area contributed by atoms with Gasteiger partial charge in [0.15, 0.2) is 25.0 Å². The van der Waals surface area contributed by atoms with E-state index in [9.17, 15) is 60.0 Å². The molecule has 0 aliphatic carbocycles. The van der Waals surface area contributed by atoms with Gasteiger partial charge in [-0.15, -0.1) is 0 Å². The van der Waals surface area contributed by atoms with Crippen LogP contribution in [0.2, 0.25) is 0 Å². The molecule has 252 valence electrons. The van der Waals surface area contributed by atoms with Crippen LogP contribution in [0.3, 0.4) is 0 Å². The monoisotopic (exact) mass is 641 g/mol. The molecule has 3 rings (SSSR count). The van der Waals surface area contributed by atoms with Crippen molar-refractivity contribution in [2.24, 2.45) is 0 Å². The van der Waals surface area contributed by atoms with Crippen molar-refractivity contribution in [3.05, 3.63) is 0 Å². The molecule has 3 amide bonds. The highest BCUT2D eigenvalue weighted by molar-refractivity contribution is 5.77. The van der Waals surface area contributed by atoms with E-state index in [1.165, 1.54) is 0 Å². The molecule has 0 saturated carbocycles. The van der Waals surface area contributed by atoms with Crippen LogP contribution in [0.15, 0.2) is 0 Å². The van der Waals surface area contributed by atoms with Gasteiger partial charge in [-0.1, -0.05) is 0 Å². The van der Waals surface area contributed by atoms with Gasteiger partial charge in [-0.2, -0.15) is 0 Å². The highest BCUT2D eigenvalue weighted by atomic mass is 16.7. The second-order valence-corrected chi connectivity index (χ2v) is 10.6. The van der Waals surface area contributed by atoms with E-state index in [0.29, 0.717) is 0 Å². The summed E-state index contributed by atoms with van der Waals surface area (Å²) >= 11 is 0. The Morgan fingerprint density at radius 2 is 1.11 bits per heavy atom. The van der Waals surface area contributed by atoms with Crippen molar-refractivity contribution in [2.45, 2.75) is 113 Å². The summed E-state index contributed by atoms with van der Waals surface area (Å²) in [5.41, 5.74) is 0. The van der Waals surface area contributed by atoms with Crippen LogP contribution in [0.4, 0.5) is 0 Å². The lowest BCUT2D eigenvalue weighted by molar-refractivity contribution is -0.365. The third-order valence-corrected chi connectivity index (χ3v) is 7.27. The number of carbonyl (C=O) groups is 4. The number of rotatable bonds is 10. The molecule has 44 heavy (non-hydrogen) atoms. The summed E-state index contributed by atoms with van der Waals surface area (Å²) in [5, 5.41) is 89.3. The summed E-state index contributed by atoms with van der Waals surface area (Å²) in [4.78, 5) is 47.8. The quantitative estimate of drug-likeness (QED) is 0.106. The molecule has 15 atom stereocenters. The van der Waals surface area contributed by atoms with E-state index in [4.69, 9.17) is 23.7 Å². The van der Waals surface area contributed by atoms with Gasteiger partial charge in [0.1, 0.15) is 60.9 Å². The van der Waals surface area contributed by atoms with Crippen molar-refractivity contribution in [3.8, 4) is 0 Å². The Hall–Kier alpha value is -2.60. The highest BCUT2D eigenvalue weighted by Gasteiger charge is 2.55. The molecule has 0 radical (unpaired) electrons. The Balaban J connectivity index is 2.02. The van der Waals surface area contributed by atoms with Crippen molar-refractivity contribution < 1.29 is 83.7 Å². The third kappa shape index (κ3) is 7.97. The van der Waals surface area contributed by atoms with E-state index in [1.54, 1.807) is 0 Å². The second kappa shape index (κ2) is 15.1. The zero-order chi connectivity index (χ0) is 33.0. The van der Waals surface area contributed by atoms with Gasteiger partial charge in [-0.3, -0.25) is 14.4 Å². The number of ether oxygens (including phenoxy) is 5. The summed E-state index contributed by atoms with van der Waals surface area (Å²) in [6, 6.07) is -4.50. The summed E-state index contributed by atoms with van der Waals surface area (Å²) in [6.45, 7) is 1.49. The van der Waals surface area contributed by atoms with Crippen LogP contribution in [-0.4, -0.2) is 170 Å². The number of carboxylic acids is 1. The van der Waals surface area contributed by atoms with Crippen molar-refractivity contribution in [1.29, 1.82) is 0 Å². The number of hydrogen-bond donors (Lipinski definition) is 11. The molecule has 20 heteroatoms. The number of aliphatic hydroxyl groups is 7. The van der Waals surface area contributed by atoms with E-state index in [0.717, 1.165) is 20.8 Å². The first kappa shape index (κ1) is 35.9. The first-order valence-electron chi connectivity index (χ1n) is 13.5. The Kier molecular flexibility index (Phi) is 12.3. The Morgan fingerprint density at radius 3 is 1.64 bits per heavy atom. The SMILES string of the molecule is CC(=O)N[C@H]1[C@H](O[C@@H]2[C@@H](O)[C@@H](O)O[C@H](CO)[C@@H]2O[C@@H]2O[C@H](C(=O)O)[C@@H](O)[C@H](NC(C)=O)[C@H]2NC(C)=O)O[C@H](CO)[C@H](O)[C@@H]1O. The fraction of sp³-hybridized carbons (Fsp3) is 0.833. The molecule has 0 aromatic heterocycles. The van der Waals surface area contributed by atoms with E-state index < -0.39 is 129 Å². The van der Waals surface area contributed by atoms with Gasteiger partial charge in [0, 0.05) is 20.8 Å². The maximum Gasteiger partial charge on any atom is 0.335 e. The smallest absolute Gasteiger partial charge is 0.335 e. The largest absolute Gasteiger partial charge is 0.479 e. The van der Waals surface area contributed by atoms with Crippen LogP contribution in [-0.2, 0) is 42.9 Å². The van der Waals surface area contributed by atoms with Gasteiger partial charge in [0.2, 0.25) is 17.7 Å². The van der Waals surface area contributed by atoms with Crippen LogP contribution in [0.1, 0.15) is 20.8 Å². The molecule has 0 aromatic rings. The maximum atomic E-state index is 12.1. The minimum atomic E-state index is -2.03. The molecule has 3 fully saturated rings. The first-order chi connectivity index (χ1) is 20.6. The normalized spacial score (nSPS) is 42.6. The number of carboxylic acid groups (broad SMARTS) is 1. The van der Waals surface area contributed by atoms with Gasteiger partial charge in [-0.05, 0) is 0 Å². The molecule has 0 spiro atoms. The van der Waals surface area contributed by atoms with Crippen LogP contribution in [0, 0.1) is 0 Å². The zero-order valence-corrected chi connectivity index (χ0v) is 23.8. The molecular weight excluding hydrogens is 602 g/mol. The molecule has 0 unspecified atom stereocenters. The molecule has 20 nitrogen and oxygen atoms in total. The number of nitrogens with one attached hydrogen (secondary N) is 3. The van der Waals surface area contributed by atoms with Crippen LogP contribution >= 0.6 is 0 Å². The molecule has 3 aliphatic heterocycles. The van der Waals surface area contributed by atoms with E-state index in [2.05, 4.69) is 16.0 Å². The van der Waals surface area contributed by atoms with Crippen LogP contribution < -0.4 is 16.0 Å². The van der Waals surface area contributed by atoms with Gasteiger partial charge in [0.05, 0.1) is 19.3 Å². The summed E-state index contributed by atoms with van der Waals surface area (Å²) in [7, 11) is 0. The molecule has 3 saturated heterocycles. The summed E-state index contributed by atoms with van der Waals surface area (Å²) in [5.74, 6) is -3.82. The fourth-order valence-corrected chi connectivity index (χ4v) is 5.27. The Bertz CT molecular complexity index is 1040. The van der Waals surface area contributed by atoms with Crippen LogP contribution in [0.25, 0.3) is 0 Å². The average Bonchev–Trinajstić information content (AvgIpc) is 2.94. The minimum Gasteiger partial charge on any atom is -0.479 e. The van der Waals surface area contributed by atoms with Crippen molar-refractivity contribution in [1.82, 2.24) is 16.0 Å². The average molecular weight is 642 g/mol. The first-order valence-corrected chi connectivity index (χ1v) is 13.5. The lowest BCUT2D eigenvalue weighted by Gasteiger charge is -2.49. The molecule has 0 aromatic carbocycles. The van der Waals surface area contributed by atoms with Gasteiger partial charge in [0.25, 0.3) is 0 Å². The van der Waals surface area contributed by atoms with Gasteiger partial charge < -0.3 is 80.5 Å². The molecule has 11 N–H and O–H groups in total. The predicted molar refractivity (Wildman–Crippen MR) is 137 cm³/mol. The molecule has 0 bridgehead atoms. The van der Waals surface area contributed by atoms with Crippen molar-refractivity contribution in [3.63, 3.8) is 0 Å². The number of hydrogen-bond acceptors (Lipinski definition) is 16. The Morgan fingerprint density at radius 1 is 0.614 bits per heavy atom. The standard InChI is InChI=1S/C24H39N3O17/c1-6(30)25-11-12(26-7(2)31)23(44-20(16(11)35)21(37)38)42-18-10(5-29)40-22(39)17(36)19(18)43-24-13(27-8(3)32)15(34)14(33)9(4-28)41-24/h9-20,22-24,28-29,33-36,39H,4-5H2,1-3H3,(H,25,30)(H,26,31)(H,27,32)(H,37,38)/t9-,10-,11-,12-,13-,14+,15-,16+,17-,18+,19-,20+,22+,23-,24+/m1/s1. The van der Waals surface area contributed by atoms with Gasteiger partial charge in [-0.25, -0.2) is 4.79 Å². The number of aliphatic carboxylic acids is 1. The van der Waals surface area contributed by atoms with Crippen molar-refractivity contribution >= 4 is 23.7 Å². The Labute approximate surface area is 249 Å². The topological polar surface area (TPSA) is 312 Å². The summed E-state index contributed by atoms with van der Waals surface area (Å²) in [6.07, 6.45) is -21.6. The maximum absolute atomic E-state index is 12.1. The summed E-state index contributed by atoms with van der Waals surface area (Å²) < 4.78 is 28.0. The van der Waals surface area contributed by atoms with Crippen molar-refractivity contribution in [2.75, 3.05) is 13.2 Å². The van der Waals surface area contributed by atoms with E-state index in [-0.39, 0.29) is 0 Å². The third-order valence-electron chi connectivity index (χ3n) is 7.27. The molecule has 3 aliphatic rings. The zero-order valence-electron chi connectivity index (χ0n) is 23.8. The molecule has 3 heterocycles. The van der Waals surface area contributed by atoms with Crippen LogP contribution in [0.5, 0.6) is 0 Å².